The second kappa shape index (κ2) is 13.4. The minimum Gasteiger partial charge on any atom is -0.453 e. The summed E-state index contributed by atoms with van der Waals surface area (Å²) >= 11 is 0. The van der Waals surface area contributed by atoms with Crippen molar-refractivity contribution < 1.29 is 4.42 Å². The number of para-hydroxylation sites is 7. The van der Waals surface area contributed by atoms with Crippen molar-refractivity contribution in [2.24, 2.45) is 0 Å². The number of fused-ring (bicyclic) bond motifs is 16. The zero-order chi connectivity index (χ0) is 41.9. The van der Waals surface area contributed by atoms with Gasteiger partial charge in [0.05, 0.1) is 50.0 Å². The average molecular weight is 817 g/mol. The summed E-state index contributed by atoms with van der Waals surface area (Å²) in [5.41, 5.74) is 12.3. The van der Waals surface area contributed by atoms with Crippen LogP contribution in [-0.4, -0.2) is 18.7 Å². The molecule has 64 heavy (non-hydrogen) atoms. The van der Waals surface area contributed by atoms with E-state index < -0.39 is 0 Å². The lowest BCUT2D eigenvalue weighted by Crippen LogP contribution is -2.01. The van der Waals surface area contributed by atoms with E-state index in [1.54, 1.807) is 0 Å². The Bertz CT molecular complexity index is 4210. The van der Waals surface area contributed by atoms with E-state index in [1.807, 2.05) is 12.3 Å². The van der Waals surface area contributed by atoms with Crippen molar-refractivity contribution in [3.8, 4) is 17.1 Å². The van der Waals surface area contributed by atoms with E-state index in [0.29, 0.717) is 0 Å². The van der Waals surface area contributed by atoms with Gasteiger partial charge in [-0.2, -0.15) is 0 Å². The molecule has 0 bridgehead atoms. The molecule has 0 aliphatic carbocycles. The highest BCUT2D eigenvalue weighted by Gasteiger charge is 2.22. The highest BCUT2D eigenvalue weighted by molar-refractivity contribution is 6.30. The molecule has 4 aromatic heterocycles. The van der Waals surface area contributed by atoms with Crippen molar-refractivity contribution >= 4 is 109 Å². The Balaban J connectivity index is 1.29. The molecular formula is C59H36N4O. The van der Waals surface area contributed by atoms with E-state index in [1.165, 1.54) is 21.5 Å². The van der Waals surface area contributed by atoms with E-state index in [2.05, 4.69) is 220 Å². The number of pyridine rings is 1. The van der Waals surface area contributed by atoms with Gasteiger partial charge in [0, 0.05) is 55.0 Å². The highest BCUT2D eigenvalue weighted by atomic mass is 16.3. The molecule has 0 aliphatic rings. The lowest BCUT2D eigenvalue weighted by atomic mass is 9.93. The fraction of sp³-hybridized carbons (Fsp3) is 0. The van der Waals surface area contributed by atoms with Gasteiger partial charge in [-0.05, 0) is 95.0 Å². The third-order valence-corrected chi connectivity index (χ3v) is 13.3. The minimum absolute atomic E-state index is 0.776. The molecule has 5 nitrogen and oxygen atoms in total. The number of benzene rings is 9. The maximum Gasteiger partial charge on any atom is 0.152 e. The van der Waals surface area contributed by atoms with Gasteiger partial charge < -0.3 is 18.1 Å². The van der Waals surface area contributed by atoms with Crippen molar-refractivity contribution in [1.82, 2.24) is 18.7 Å². The van der Waals surface area contributed by atoms with Crippen molar-refractivity contribution in [3.63, 3.8) is 0 Å². The van der Waals surface area contributed by atoms with Crippen LogP contribution >= 0.6 is 0 Å². The summed E-state index contributed by atoms with van der Waals surface area (Å²) in [6.07, 6.45) is 1.92. The molecule has 0 saturated carbocycles. The Labute approximate surface area is 366 Å². The largest absolute Gasteiger partial charge is 0.453 e. The van der Waals surface area contributed by atoms with Crippen LogP contribution in [0.15, 0.2) is 223 Å². The summed E-state index contributed by atoms with van der Waals surface area (Å²) in [7, 11) is 0. The molecule has 298 valence electrons. The van der Waals surface area contributed by atoms with Crippen LogP contribution in [0.4, 0.5) is 0 Å². The lowest BCUT2D eigenvalue weighted by molar-refractivity contribution is 0.654. The number of hydrogen-bond donors (Lipinski definition) is 0. The SMILES string of the molecule is c1ccc(-n2c3ccccc3oc3cc4c(cc32)c2cccc(-n3c5ccccc5c5ccccc53)c2c2c(-n3c5ccccc5c5ccccc53)cccc2c2cccnc42)cc1. The average Bonchev–Trinajstić information content (AvgIpc) is 3.88. The molecular weight excluding hydrogens is 781 g/mol. The van der Waals surface area contributed by atoms with Crippen molar-refractivity contribution in [1.29, 1.82) is 0 Å². The molecule has 14 aromatic rings. The van der Waals surface area contributed by atoms with Crippen molar-refractivity contribution in [2.45, 2.75) is 0 Å². The summed E-state index contributed by atoms with van der Waals surface area (Å²) < 4.78 is 14.2. The van der Waals surface area contributed by atoms with E-state index in [-0.39, 0.29) is 0 Å². The van der Waals surface area contributed by atoms with Gasteiger partial charge in [-0.25, -0.2) is 0 Å². The van der Waals surface area contributed by atoms with Crippen LogP contribution in [0.2, 0.25) is 0 Å². The molecule has 0 saturated heterocycles. The first kappa shape index (κ1) is 35.0. The molecule has 0 N–H and O–H groups in total. The van der Waals surface area contributed by atoms with Gasteiger partial charge in [-0.15, -0.1) is 0 Å². The van der Waals surface area contributed by atoms with Crippen LogP contribution in [0.3, 0.4) is 0 Å². The van der Waals surface area contributed by atoms with Crippen molar-refractivity contribution in [2.75, 3.05) is 0 Å². The number of aromatic nitrogens is 4. The predicted octanol–water partition coefficient (Wildman–Crippen LogP) is 15.7. The van der Waals surface area contributed by atoms with Crippen LogP contribution in [0.1, 0.15) is 0 Å². The monoisotopic (exact) mass is 816 g/mol. The van der Waals surface area contributed by atoms with E-state index in [0.717, 1.165) is 105 Å². The molecule has 0 atom stereocenters. The first-order valence-electron chi connectivity index (χ1n) is 21.8. The first-order valence-corrected chi connectivity index (χ1v) is 21.8. The quantitative estimate of drug-likeness (QED) is 0.167. The van der Waals surface area contributed by atoms with E-state index >= 15 is 0 Å². The Morgan fingerprint density at radius 1 is 0.297 bits per heavy atom. The molecule has 5 heteroatoms. The minimum atomic E-state index is 0.776. The lowest BCUT2D eigenvalue weighted by Gasteiger charge is -2.19. The summed E-state index contributed by atoms with van der Waals surface area (Å²) in [4.78, 5) is 5.27. The standard InChI is InChI=1S/C59H36N4O/c1-2-17-37(18-3-1)61-51-30-12-13-33-55(51)64-56-36-46-45(35-54(56)61)43-24-15-32-53(63-49-28-10-6-21-40(49)41-22-7-11-29-50(41)63)58(43)57-42(44-25-16-34-60-59(44)46)23-14-31-52(57)62-47-26-8-4-19-38(47)39-20-5-9-27-48(39)62/h1-36H. The number of rotatable bonds is 3. The van der Waals surface area contributed by atoms with Crippen LogP contribution in [-0.2, 0) is 0 Å². The topological polar surface area (TPSA) is 40.8 Å². The maximum atomic E-state index is 6.89. The second-order valence-corrected chi connectivity index (χ2v) is 16.6. The van der Waals surface area contributed by atoms with Crippen LogP contribution in [0.25, 0.3) is 126 Å². The smallest absolute Gasteiger partial charge is 0.152 e. The summed E-state index contributed by atoms with van der Waals surface area (Å²) in [5, 5.41) is 12.5. The zero-order valence-corrected chi connectivity index (χ0v) is 34.5. The first-order chi connectivity index (χ1) is 31.8. The van der Waals surface area contributed by atoms with Gasteiger partial charge in [0.15, 0.2) is 11.2 Å². The maximum absolute atomic E-state index is 6.89. The fourth-order valence-electron chi connectivity index (χ4n) is 10.7. The molecule has 0 unspecified atom stereocenters. The second-order valence-electron chi connectivity index (χ2n) is 16.6. The van der Waals surface area contributed by atoms with Gasteiger partial charge in [-0.1, -0.05) is 133 Å². The molecule has 0 amide bonds. The Morgan fingerprint density at radius 3 is 1.34 bits per heavy atom. The molecule has 0 radical (unpaired) electrons. The molecule has 0 fully saturated rings. The van der Waals surface area contributed by atoms with Crippen LogP contribution in [0.5, 0.6) is 0 Å². The summed E-state index contributed by atoms with van der Waals surface area (Å²) in [6, 6.07) is 76.6. The molecule has 10 aromatic carbocycles. The third-order valence-electron chi connectivity index (χ3n) is 13.3. The Hall–Kier alpha value is -8.67. The normalized spacial score (nSPS) is 12.1. The van der Waals surface area contributed by atoms with E-state index in [9.17, 15) is 0 Å². The molecule has 0 spiro atoms. The third kappa shape index (κ3) is 4.86. The predicted molar refractivity (Wildman–Crippen MR) is 267 cm³/mol. The highest BCUT2D eigenvalue weighted by Crippen LogP contribution is 2.45. The van der Waals surface area contributed by atoms with E-state index in [4.69, 9.17) is 9.40 Å². The summed E-state index contributed by atoms with van der Waals surface area (Å²) in [6.45, 7) is 0. The van der Waals surface area contributed by atoms with Crippen LogP contribution < -0.4 is 0 Å². The molecule has 14 rings (SSSR count). The van der Waals surface area contributed by atoms with Gasteiger partial charge in [0.1, 0.15) is 0 Å². The number of hydrogen-bond acceptors (Lipinski definition) is 2. The number of nitrogens with zero attached hydrogens (tertiary/aromatic N) is 4. The van der Waals surface area contributed by atoms with Gasteiger partial charge in [0.25, 0.3) is 0 Å². The molecule has 0 aliphatic heterocycles. The van der Waals surface area contributed by atoms with Gasteiger partial charge >= 0.3 is 0 Å². The Morgan fingerprint density at radius 2 is 0.766 bits per heavy atom. The molecule has 4 heterocycles. The van der Waals surface area contributed by atoms with Gasteiger partial charge in [-0.3, -0.25) is 4.98 Å². The Kier molecular flexibility index (Phi) is 7.33. The zero-order valence-electron chi connectivity index (χ0n) is 34.5. The van der Waals surface area contributed by atoms with Crippen LogP contribution in [0, 0.1) is 0 Å². The van der Waals surface area contributed by atoms with Gasteiger partial charge in [0.2, 0.25) is 0 Å². The summed E-state index contributed by atoms with van der Waals surface area (Å²) in [5.74, 6) is 0. The van der Waals surface area contributed by atoms with Crippen molar-refractivity contribution in [3.05, 3.63) is 219 Å². The fourth-order valence-corrected chi connectivity index (χ4v) is 10.7.